The number of amides is 4. The monoisotopic (exact) mass is 584 g/mol. The number of fused-ring (bicyclic) bond motifs is 5. The third-order valence-electron chi connectivity index (χ3n) is 8.33. The molecule has 4 amide bonds. The maximum atomic E-state index is 12.5. The Balaban J connectivity index is 0.000000142. The summed E-state index contributed by atoms with van der Waals surface area (Å²) < 4.78 is 4.21. The number of hydrogen-bond donors (Lipinski definition) is 2. The number of carbonyl (C=O) groups is 2. The fraction of sp³-hybridized carbons (Fsp3) is 0.176. The van der Waals surface area contributed by atoms with Gasteiger partial charge in [-0.05, 0) is 84.6 Å². The summed E-state index contributed by atoms with van der Waals surface area (Å²) in [5.41, 5.74) is 8.29. The van der Waals surface area contributed by atoms with E-state index in [-0.39, 0.29) is 12.1 Å². The number of urea groups is 2. The van der Waals surface area contributed by atoms with E-state index in [2.05, 4.69) is 66.3 Å². The van der Waals surface area contributed by atoms with Gasteiger partial charge in [0, 0.05) is 85.2 Å². The van der Waals surface area contributed by atoms with Crippen LogP contribution >= 0.6 is 0 Å². The SMILES string of the molecule is Cn1ccc2c3c(ccc21)N(C(=O)Nc1cccnc1)CC3.Cn1ccc2cc3c(cc21)CCN3C(=O)Nc1cccnc1. The van der Waals surface area contributed by atoms with Crippen molar-refractivity contribution in [3.8, 4) is 0 Å². The summed E-state index contributed by atoms with van der Waals surface area (Å²) in [6.45, 7) is 1.41. The van der Waals surface area contributed by atoms with Gasteiger partial charge in [0.25, 0.3) is 0 Å². The molecular formula is C34H32N8O2. The molecule has 10 heteroatoms. The van der Waals surface area contributed by atoms with Gasteiger partial charge in [-0.1, -0.05) is 0 Å². The average molecular weight is 585 g/mol. The van der Waals surface area contributed by atoms with E-state index >= 15 is 0 Å². The van der Waals surface area contributed by atoms with Gasteiger partial charge in [-0.2, -0.15) is 0 Å². The number of hydrogen-bond acceptors (Lipinski definition) is 4. The zero-order chi connectivity index (χ0) is 30.2. The average Bonchev–Trinajstić information content (AvgIpc) is 3.83. The Labute approximate surface area is 254 Å². The Hall–Kier alpha value is -5.64. The van der Waals surface area contributed by atoms with Gasteiger partial charge in [0.2, 0.25) is 0 Å². The number of rotatable bonds is 2. The smallest absolute Gasteiger partial charge is 0.326 e. The van der Waals surface area contributed by atoms with Crippen LogP contribution in [0.15, 0.2) is 97.8 Å². The summed E-state index contributed by atoms with van der Waals surface area (Å²) in [6, 6.07) is 19.7. The first-order valence-electron chi connectivity index (χ1n) is 14.6. The van der Waals surface area contributed by atoms with Crippen LogP contribution in [0.1, 0.15) is 11.1 Å². The molecule has 0 saturated carbocycles. The molecule has 0 fully saturated rings. The van der Waals surface area contributed by atoms with Gasteiger partial charge in [-0.15, -0.1) is 0 Å². The molecular weight excluding hydrogens is 552 g/mol. The number of nitrogens with zero attached hydrogens (tertiary/aromatic N) is 6. The summed E-state index contributed by atoms with van der Waals surface area (Å²) in [4.78, 5) is 36.6. The van der Waals surface area contributed by atoms with Crippen LogP contribution in [0.5, 0.6) is 0 Å². The molecule has 2 aliphatic heterocycles. The lowest BCUT2D eigenvalue weighted by Crippen LogP contribution is -2.33. The van der Waals surface area contributed by atoms with Crippen molar-refractivity contribution < 1.29 is 9.59 Å². The van der Waals surface area contributed by atoms with Crippen LogP contribution in [-0.2, 0) is 26.9 Å². The van der Waals surface area contributed by atoms with Crippen molar-refractivity contribution >= 4 is 56.6 Å². The molecule has 4 aromatic heterocycles. The predicted octanol–water partition coefficient (Wildman–Crippen LogP) is 6.34. The van der Waals surface area contributed by atoms with Crippen molar-refractivity contribution in [1.29, 1.82) is 0 Å². The summed E-state index contributed by atoms with van der Waals surface area (Å²) >= 11 is 0. The summed E-state index contributed by atoms with van der Waals surface area (Å²) in [5.74, 6) is 0. The molecule has 220 valence electrons. The number of aryl methyl sites for hydroxylation is 2. The number of aromatic nitrogens is 4. The van der Waals surface area contributed by atoms with Crippen LogP contribution < -0.4 is 20.4 Å². The summed E-state index contributed by atoms with van der Waals surface area (Å²) in [5, 5.41) is 8.18. The number of benzene rings is 2. The molecule has 8 rings (SSSR count). The van der Waals surface area contributed by atoms with E-state index in [1.807, 2.05) is 38.5 Å². The number of carbonyl (C=O) groups excluding carboxylic acids is 2. The van der Waals surface area contributed by atoms with Crippen molar-refractivity contribution in [1.82, 2.24) is 19.1 Å². The molecule has 0 atom stereocenters. The zero-order valence-electron chi connectivity index (χ0n) is 24.6. The summed E-state index contributed by atoms with van der Waals surface area (Å²) in [6.07, 6.45) is 12.5. The Kier molecular flexibility index (Phi) is 6.94. The number of anilines is 4. The molecule has 0 radical (unpaired) electrons. The molecule has 44 heavy (non-hydrogen) atoms. The topological polar surface area (TPSA) is 100 Å². The third-order valence-corrected chi connectivity index (χ3v) is 8.33. The molecule has 0 saturated heterocycles. The van der Waals surface area contributed by atoms with Crippen LogP contribution in [-0.4, -0.2) is 44.3 Å². The first-order valence-corrected chi connectivity index (χ1v) is 14.6. The van der Waals surface area contributed by atoms with Crippen LogP contribution in [0.4, 0.5) is 32.3 Å². The Bertz CT molecular complexity index is 1940. The highest BCUT2D eigenvalue weighted by Gasteiger charge is 2.27. The Morgan fingerprint density at radius 3 is 2.02 bits per heavy atom. The van der Waals surface area contributed by atoms with E-state index < -0.39 is 0 Å². The lowest BCUT2D eigenvalue weighted by atomic mass is 10.1. The maximum Gasteiger partial charge on any atom is 0.326 e. The first-order chi connectivity index (χ1) is 21.5. The summed E-state index contributed by atoms with van der Waals surface area (Å²) in [7, 11) is 4.08. The lowest BCUT2D eigenvalue weighted by molar-refractivity contribution is 0.256. The molecule has 0 bridgehead atoms. The van der Waals surface area contributed by atoms with Gasteiger partial charge in [0.15, 0.2) is 0 Å². The molecule has 2 N–H and O–H groups in total. The Morgan fingerprint density at radius 2 is 1.34 bits per heavy atom. The Morgan fingerprint density at radius 1 is 0.705 bits per heavy atom. The van der Waals surface area contributed by atoms with Gasteiger partial charge < -0.3 is 19.8 Å². The second-order valence-corrected chi connectivity index (χ2v) is 11.0. The van der Waals surface area contributed by atoms with Gasteiger partial charge in [-0.3, -0.25) is 19.8 Å². The van der Waals surface area contributed by atoms with Crippen LogP contribution in [0.25, 0.3) is 21.8 Å². The minimum absolute atomic E-state index is 0.109. The largest absolute Gasteiger partial charge is 0.351 e. The van der Waals surface area contributed by atoms with E-state index in [9.17, 15) is 9.59 Å². The second-order valence-electron chi connectivity index (χ2n) is 11.0. The molecule has 6 heterocycles. The van der Waals surface area contributed by atoms with E-state index in [4.69, 9.17) is 0 Å². The third kappa shape index (κ3) is 5.00. The van der Waals surface area contributed by atoms with Crippen molar-refractivity contribution in [2.45, 2.75) is 12.8 Å². The van der Waals surface area contributed by atoms with Crippen molar-refractivity contribution in [3.05, 3.63) is 109 Å². The molecule has 2 aromatic carbocycles. The van der Waals surface area contributed by atoms with Crippen molar-refractivity contribution in [3.63, 3.8) is 0 Å². The molecule has 10 nitrogen and oxygen atoms in total. The van der Waals surface area contributed by atoms with Gasteiger partial charge >= 0.3 is 12.1 Å². The fourth-order valence-electron chi connectivity index (χ4n) is 6.09. The number of nitrogens with one attached hydrogen (secondary N) is 2. The second kappa shape index (κ2) is 11.2. The highest BCUT2D eigenvalue weighted by atomic mass is 16.2. The fourth-order valence-corrected chi connectivity index (χ4v) is 6.09. The van der Waals surface area contributed by atoms with Crippen LogP contribution in [0.2, 0.25) is 0 Å². The molecule has 0 aliphatic carbocycles. The van der Waals surface area contributed by atoms with Crippen LogP contribution in [0.3, 0.4) is 0 Å². The van der Waals surface area contributed by atoms with Crippen molar-refractivity contribution in [2.75, 3.05) is 33.5 Å². The van der Waals surface area contributed by atoms with E-state index in [0.29, 0.717) is 24.5 Å². The zero-order valence-corrected chi connectivity index (χ0v) is 24.6. The van der Waals surface area contributed by atoms with E-state index in [0.717, 1.165) is 29.6 Å². The predicted molar refractivity (Wildman–Crippen MR) is 174 cm³/mol. The standard InChI is InChI=1S/2C17H16N4O/c1-20-7-4-12-10-16-13(9-15(12)20)5-8-21(16)17(22)19-14-3-2-6-18-11-14;1-20-9-6-13-14-7-10-21(16(14)5-4-15(13)20)17(22)19-12-3-2-8-18-11-12/h2-4,6-7,9-11H,5,8H2,1H3,(H,19,22);2-6,8-9,11H,7,10H2,1H3,(H,19,22). The minimum atomic E-state index is -0.109. The first kappa shape index (κ1) is 27.2. The van der Waals surface area contributed by atoms with Gasteiger partial charge in [0.05, 0.1) is 23.8 Å². The molecule has 2 aliphatic rings. The van der Waals surface area contributed by atoms with E-state index in [1.54, 1.807) is 46.7 Å². The van der Waals surface area contributed by atoms with E-state index in [1.165, 1.54) is 27.5 Å². The minimum Gasteiger partial charge on any atom is -0.351 e. The van der Waals surface area contributed by atoms with Crippen LogP contribution in [0, 0.1) is 0 Å². The molecule has 0 spiro atoms. The highest BCUT2D eigenvalue weighted by molar-refractivity contribution is 6.06. The van der Waals surface area contributed by atoms with Gasteiger partial charge in [-0.25, -0.2) is 9.59 Å². The quantitative estimate of drug-likeness (QED) is 0.248. The molecule has 6 aromatic rings. The molecule has 0 unspecified atom stereocenters. The van der Waals surface area contributed by atoms with Gasteiger partial charge in [0.1, 0.15) is 0 Å². The highest BCUT2D eigenvalue weighted by Crippen LogP contribution is 2.35. The number of pyridine rings is 2. The lowest BCUT2D eigenvalue weighted by Gasteiger charge is -2.18. The maximum absolute atomic E-state index is 12.5. The van der Waals surface area contributed by atoms with Crippen molar-refractivity contribution in [2.24, 2.45) is 14.1 Å². The normalized spacial score (nSPS) is 13.4.